The molecule has 11 rings (SSSR count). The van der Waals surface area contributed by atoms with Crippen LogP contribution in [-0.4, -0.2) is 19.5 Å². The molecule has 0 amide bonds. The predicted octanol–water partition coefficient (Wildman–Crippen LogP) is 12.1. The molecule has 0 unspecified atom stereocenters. The van der Waals surface area contributed by atoms with Crippen molar-refractivity contribution in [2.75, 3.05) is 0 Å². The number of para-hydroxylation sites is 2. The van der Waals surface area contributed by atoms with Crippen molar-refractivity contribution >= 4 is 21.8 Å². The number of hydrogen-bond acceptors (Lipinski definition) is 3. The van der Waals surface area contributed by atoms with E-state index in [-0.39, 0.29) is 11.2 Å². The Hall–Kier alpha value is -6.72. The molecule has 4 nitrogen and oxygen atoms in total. The van der Waals surface area contributed by atoms with Gasteiger partial charge in [-0.15, -0.1) is 0 Å². The monoisotopic (exact) mass is 682 g/mol. The van der Waals surface area contributed by atoms with E-state index in [1.54, 1.807) is 12.1 Å². The summed E-state index contributed by atoms with van der Waals surface area (Å²) in [5.74, 6) is 1.33. The van der Waals surface area contributed by atoms with Gasteiger partial charge in [-0.3, -0.25) is 0 Å². The molecule has 7 aromatic carbocycles. The van der Waals surface area contributed by atoms with Gasteiger partial charge in [-0.25, -0.2) is 19.3 Å². The van der Waals surface area contributed by atoms with Crippen LogP contribution in [0, 0.1) is 5.82 Å². The summed E-state index contributed by atoms with van der Waals surface area (Å²) in [6.07, 6.45) is 0. The Morgan fingerprint density at radius 2 is 1.08 bits per heavy atom. The van der Waals surface area contributed by atoms with Crippen LogP contribution >= 0.6 is 0 Å². The van der Waals surface area contributed by atoms with E-state index in [9.17, 15) is 4.39 Å². The molecule has 0 radical (unpaired) electrons. The van der Waals surface area contributed by atoms with E-state index in [1.165, 1.54) is 78.6 Å². The molecule has 9 aromatic rings. The van der Waals surface area contributed by atoms with Gasteiger partial charge >= 0.3 is 0 Å². The van der Waals surface area contributed by atoms with E-state index in [0.717, 1.165) is 22.3 Å². The first kappa shape index (κ1) is 30.0. The van der Waals surface area contributed by atoms with Crippen molar-refractivity contribution in [3.05, 3.63) is 169 Å². The Morgan fingerprint density at radius 3 is 1.81 bits per heavy atom. The zero-order chi connectivity index (χ0) is 35.4. The molecule has 2 aromatic heterocycles. The highest BCUT2D eigenvalue weighted by Crippen LogP contribution is 2.58. The molecule has 53 heavy (non-hydrogen) atoms. The molecule has 250 valence electrons. The zero-order valence-corrected chi connectivity index (χ0v) is 29.1. The molecule has 3 heterocycles. The second-order valence-electron chi connectivity index (χ2n) is 14.6. The molecule has 0 bridgehead atoms. The summed E-state index contributed by atoms with van der Waals surface area (Å²) >= 11 is 0. The van der Waals surface area contributed by atoms with Crippen LogP contribution in [0.25, 0.3) is 95.0 Å². The average molecular weight is 683 g/mol. The maximum Gasteiger partial charge on any atom is 0.164 e. The highest BCUT2D eigenvalue weighted by atomic mass is 19.1. The first-order chi connectivity index (χ1) is 25.9. The van der Waals surface area contributed by atoms with Crippen LogP contribution in [-0.2, 0) is 5.41 Å². The van der Waals surface area contributed by atoms with Gasteiger partial charge in [-0.1, -0.05) is 117 Å². The van der Waals surface area contributed by atoms with E-state index in [4.69, 9.17) is 15.0 Å². The zero-order valence-electron chi connectivity index (χ0n) is 29.1. The van der Waals surface area contributed by atoms with Crippen LogP contribution in [0.1, 0.15) is 25.0 Å². The van der Waals surface area contributed by atoms with Gasteiger partial charge in [0, 0.05) is 44.0 Å². The largest absolute Gasteiger partial charge is 0.308 e. The summed E-state index contributed by atoms with van der Waals surface area (Å²) in [6.45, 7) is 4.73. The van der Waals surface area contributed by atoms with Gasteiger partial charge in [-0.05, 0) is 81.9 Å². The highest BCUT2D eigenvalue weighted by molar-refractivity contribution is 6.19. The van der Waals surface area contributed by atoms with Crippen LogP contribution in [0.3, 0.4) is 0 Å². The molecular formula is C48H31FN4. The van der Waals surface area contributed by atoms with Crippen LogP contribution < -0.4 is 0 Å². The van der Waals surface area contributed by atoms with Crippen LogP contribution in [0.2, 0.25) is 0 Å². The van der Waals surface area contributed by atoms with Gasteiger partial charge in [0.05, 0.1) is 16.7 Å². The Kier molecular flexibility index (Phi) is 6.16. The third-order valence-corrected chi connectivity index (χ3v) is 11.3. The van der Waals surface area contributed by atoms with Crippen molar-refractivity contribution in [1.82, 2.24) is 19.5 Å². The van der Waals surface area contributed by atoms with Crippen LogP contribution in [0.15, 0.2) is 152 Å². The predicted molar refractivity (Wildman–Crippen MR) is 212 cm³/mol. The van der Waals surface area contributed by atoms with Crippen LogP contribution in [0.4, 0.5) is 4.39 Å². The fraction of sp³-hybridized carbons (Fsp3) is 0.0625. The quantitative estimate of drug-likeness (QED) is 0.186. The number of halogens is 1. The van der Waals surface area contributed by atoms with Gasteiger partial charge in [0.1, 0.15) is 5.82 Å². The first-order valence-corrected chi connectivity index (χ1v) is 18.0. The van der Waals surface area contributed by atoms with Crippen molar-refractivity contribution < 1.29 is 4.39 Å². The minimum atomic E-state index is -0.301. The van der Waals surface area contributed by atoms with Crippen molar-refractivity contribution in [1.29, 1.82) is 0 Å². The second-order valence-corrected chi connectivity index (χ2v) is 14.6. The smallest absolute Gasteiger partial charge is 0.164 e. The summed E-state index contributed by atoms with van der Waals surface area (Å²) in [7, 11) is 0. The molecule has 1 aliphatic carbocycles. The lowest BCUT2D eigenvalue weighted by atomic mass is 9.80. The van der Waals surface area contributed by atoms with Gasteiger partial charge < -0.3 is 4.57 Å². The fourth-order valence-corrected chi connectivity index (χ4v) is 8.67. The number of nitrogens with zero attached hydrogens (tertiary/aromatic N) is 4. The third-order valence-electron chi connectivity index (χ3n) is 11.3. The summed E-state index contributed by atoms with van der Waals surface area (Å²) in [5.41, 5.74) is 16.2. The van der Waals surface area contributed by atoms with Gasteiger partial charge in [0.2, 0.25) is 0 Å². The number of hydrogen-bond donors (Lipinski definition) is 0. The molecule has 0 saturated carbocycles. The minimum Gasteiger partial charge on any atom is -0.308 e. The molecule has 0 saturated heterocycles. The Labute approximate surface area is 305 Å². The van der Waals surface area contributed by atoms with E-state index in [1.807, 2.05) is 30.3 Å². The molecular weight excluding hydrogens is 652 g/mol. The molecule has 0 fully saturated rings. The number of aromatic nitrogens is 4. The maximum atomic E-state index is 13.8. The third kappa shape index (κ3) is 4.31. The second kappa shape index (κ2) is 10.9. The SMILES string of the molecule is CC1(C)c2cc(-c3ccc(-c4nc(-c5ccccc5)nc(-c5ccc(F)cc5)n4)cc3)cc3c2-c2c1ccc1c4ccccc4n(c21)-c1ccccc1-3. The van der Waals surface area contributed by atoms with Crippen molar-refractivity contribution in [3.63, 3.8) is 0 Å². The molecule has 0 atom stereocenters. The van der Waals surface area contributed by atoms with Crippen molar-refractivity contribution in [2.45, 2.75) is 19.3 Å². The standard InChI is InChI=1S/C48H31FN4/c1-48(2)38-25-24-36-34-12-6-8-14-40(34)53-41-15-9-7-13-35(41)37-26-32(27-39(48)42(37)43(38)44(36)53)28-16-18-30(19-17-28)46-50-45(29-10-4-3-5-11-29)51-47(52-46)31-20-22-33(49)23-21-31/h3-27H,1-2H3. The number of fused-ring (bicyclic) bond motifs is 6. The normalized spacial score (nSPS) is 13.3. The summed E-state index contributed by atoms with van der Waals surface area (Å²) in [6, 6.07) is 51.8. The molecule has 2 aliphatic rings. The number of rotatable bonds is 4. The van der Waals surface area contributed by atoms with Gasteiger partial charge in [-0.2, -0.15) is 0 Å². The van der Waals surface area contributed by atoms with Crippen LogP contribution in [0.5, 0.6) is 0 Å². The first-order valence-electron chi connectivity index (χ1n) is 18.0. The lowest BCUT2D eigenvalue weighted by molar-refractivity contribution is 0.628. The van der Waals surface area contributed by atoms with E-state index < -0.39 is 0 Å². The summed E-state index contributed by atoms with van der Waals surface area (Å²) in [4.78, 5) is 14.6. The van der Waals surface area contributed by atoms with E-state index in [0.29, 0.717) is 17.5 Å². The molecule has 0 spiro atoms. The average Bonchev–Trinajstić information content (AvgIpc) is 3.61. The molecule has 5 heteroatoms. The van der Waals surface area contributed by atoms with E-state index >= 15 is 0 Å². The highest BCUT2D eigenvalue weighted by Gasteiger charge is 2.41. The number of benzene rings is 7. The summed E-state index contributed by atoms with van der Waals surface area (Å²) < 4.78 is 16.3. The maximum absolute atomic E-state index is 13.8. The fourth-order valence-electron chi connectivity index (χ4n) is 8.67. The van der Waals surface area contributed by atoms with Crippen molar-refractivity contribution in [3.8, 4) is 73.2 Å². The molecule has 0 N–H and O–H groups in total. The van der Waals surface area contributed by atoms with Gasteiger partial charge in [0.15, 0.2) is 17.5 Å². The van der Waals surface area contributed by atoms with Crippen molar-refractivity contribution in [2.24, 2.45) is 0 Å². The lowest BCUT2D eigenvalue weighted by Gasteiger charge is -2.24. The van der Waals surface area contributed by atoms with E-state index in [2.05, 4.69) is 115 Å². The molecule has 1 aliphatic heterocycles. The lowest BCUT2D eigenvalue weighted by Crippen LogP contribution is -2.15. The Morgan fingerprint density at radius 1 is 0.472 bits per heavy atom. The topological polar surface area (TPSA) is 43.6 Å². The minimum absolute atomic E-state index is 0.188. The Balaban J connectivity index is 1.08. The summed E-state index contributed by atoms with van der Waals surface area (Å²) in [5, 5.41) is 2.58. The Bertz CT molecular complexity index is 2960. The van der Waals surface area contributed by atoms with Gasteiger partial charge in [0.25, 0.3) is 0 Å².